The van der Waals surface area contributed by atoms with Crippen LogP contribution in [0.15, 0.2) is 21.7 Å². The number of thiophene rings is 1. The standard InChI is InChI=1S/C14H18N2O2S3/c1-10-5-7-16(8-6-10)21(17,18)14-4-3-13(20-14)12-9-19-11(2)15-12/h3-4,9-10H,5-8H2,1-2H3. The highest BCUT2D eigenvalue weighted by Crippen LogP contribution is 2.33. The van der Waals surface area contributed by atoms with Crippen LogP contribution in [-0.2, 0) is 10.0 Å². The number of hydrogen-bond donors (Lipinski definition) is 0. The van der Waals surface area contributed by atoms with E-state index in [1.807, 2.05) is 18.4 Å². The monoisotopic (exact) mass is 342 g/mol. The van der Waals surface area contributed by atoms with E-state index in [0.29, 0.717) is 23.2 Å². The van der Waals surface area contributed by atoms with Crippen molar-refractivity contribution in [3.63, 3.8) is 0 Å². The zero-order valence-corrected chi connectivity index (χ0v) is 14.5. The lowest BCUT2D eigenvalue weighted by atomic mass is 10.0. The van der Waals surface area contributed by atoms with Crippen LogP contribution in [0.25, 0.3) is 10.6 Å². The average molecular weight is 343 g/mol. The summed E-state index contributed by atoms with van der Waals surface area (Å²) in [4.78, 5) is 5.34. The van der Waals surface area contributed by atoms with Gasteiger partial charge in [-0.2, -0.15) is 4.31 Å². The van der Waals surface area contributed by atoms with E-state index in [9.17, 15) is 8.42 Å². The highest BCUT2D eigenvalue weighted by Gasteiger charge is 2.29. The van der Waals surface area contributed by atoms with Crippen LogP contribution in [0.5, 0.6) is 0 Å². The van der Waals surface area contributed by atoms with Crippen LogP contribution in [0.3, 0.4) is 0 Å². The minimum absolute atomic E-state index is 0.428. The summed E-state index contributed by atoms with van der Waals surface area (Å²) in [5.74, 6) is 0.619. The normalized spacial score (nSPS) is 18.2. The molecule has 0 unspecified atom stereocenters. The van der Waals surface area contributed by atoms with E-state index < -0.39 is 10.0 Å². The van der Waals surface area contributed by atoms with E-state index in [2.05, 4.69) is 11.9 Å². The Labute approximate surface area is 133 Å². The van der Waals surface area contributed by atoms with Crippen molar-refractivity contribution < 1.29 is 8.42 Å². The summed E-state index contributed by atoms with van der Waals surface area (Å²) in [5.41, 5.74) is 0.871. The van der Waals surface area contributed by atoms with Gasteiger partial charge in [-0.05, 0) is 37.8 Å². The molecule has 0 bridgehead atoms. The molecule has 1 saturated heterocycles. The van der Waals surface area contributed by atoms with E-state index in [-0.39, 0.29) is 0 Å². The first kappa shape index (κ1) is 15.1. The quantitative estimate of drug-likeness (QED) is 0.856. The van der Waals surface area contributed by atoms with Gasteiger partial charge in [-0.25, -0.2) is 13.4 Å². The summed E-state index contributed by atoms with van der Waals surface area (Å²) in [6.07, 6.45) is 1.89. The summed E-state index contributed by atoms with van der Waals surface area (Å²) in [5, 5.41) is 2.97. The largest absolute Gasteiger partial charge is 0.252 e. The lowest BCUT2D eigenvalue weighted by molar-refractivity contribution is 0.288. The van der Waals surface area contributed by atoms with Gasteiger partial charge in [-0.1, -0.05) is 6.92 Å². The van der Waals surface area contributed by atoms with Gasteiger partial charge < -0.3 is 0 Å². The number of aromatic nitrogens is 1. The number of aryl methyl sites for hydroxylation is 1. The number of thiazole rings is 1. The molecule has 3 rings (SSSR count). The van der Waals surface area contributed by atoms with Gasteiger partial charge in [-0.15, -0.1) is 22.7 Å². The highest BCUT2D eigenvalue weighted by atomic mass is 32.2. The SMILES string of the molecule is Cc1nc(-c2ccc(S(=O)(=O)N3CCC(C)CC3)s2)cs1. The molecule has 4 nitrogen and oxygen atoms in total. The fourth-order valence-corrected chi connectivity index (χ4v) is 6.00. The molecule has 0 saturated carbocycles. The van der Waals surface area contributed by atoms with Gasteiger partial charge >= 0.3 is 0 Å². The predicted octanol–water partition coefficient (Wildman–Crippen LogP) is 3.60. The number of piperidine rings is 1. The average Bonchev–Trinajstić information content (AvgIpc) is 3.08. The van der Waals surface area contributed by atoms with Crippen molar-refractivity contribution in [1.82, 2.24) is 9.29 Å². The van der Waals surface area contributed by atoms with Crippen LogP contribution >= 0.6 is 22.7 Å². The fourth-order valence-electron chi connectivity index (χ4n) is 2.43. The second-order valence-corrected chi connectivity index (χ2v) is 9.77. The first-order chi connectivity index (χ1) is 9.96. The van der Waals surface area contributed by atoms with Crippen LogP contribution in [0.1, 0.15) is 24.8 Å². The molecule has 1 aliphatic rings. The molecule has 0 atom stereocenters. The number of rotatable bonds is 3. The second-order valence-electron chi connectivity index (χ2n) is 5.46. The number of sulfonamides is 1. The zero-order chi connectivity index (χ0) is 15.0. The molecule has 3 heterocycles. The maximum absolute atomic E-state index is 12.7. The highest BCUT2D eigenvalue weighted by molar-refractivity contribution is 7.91. The molecule has 1 fully saturated rings. The van der Waals surface area contributed by atoms with Crippen molar-refractivity contribution in [2.45, 2.75) is 30.9 Å². The molecule has 1 aliphatic heterocycles. The molecule has 0 N–H and O–H groups in total. The third-order valence-corrected chi connectivity index (χ3v) is 8.04. The smallest absolute Gasteiger partial charge is 0.241 e. The van der Waals surface area contributed by atoms with E-state index in [0.717, 1.165) is 28.4 Å². The van der Waals surface area contributed by atoms with Crippen LogP contribution in [-0.4, -0.2) is 30.8 Å². The Balaban J connectivity index is 1.85. The molecular weight excluding hydrogens is 324 g/mol. The van der Waals surface area contributed by atoms with Gasteiger partial charge in [0, 0.05) is 18.5 Å². The third-order valence-electron chi connectivity index (χ3n) is 3.79. The minimum atomic E-state index is -3.34. The van der Waals surface area contributed by atoms with Crippen LogP contribution < -0.4 is 0 Å². The Bertz CT molecular complexity index is 725. The summed E-state index contributed by atoms with van der Waals surface area (Å²) < 4.78 is 27.4. The van der Waals surface area contributed by atoms with E-state index in [1.165, 1.54) is 11.3 Å². The van der Waals surface area contributed by atoms with Crippen LogP contribution in [0.2, 0.25) is 0 Å². The predicted molar refractivity (Wildman–Crippen MR) is 87.3 cm³/mol. The topological polar surface area (TPSA) is 50.3 Å². The molecule has 7 heteroatoms. The lowest BCUT2D eigenvalue weighted by Gasteiger charge is -2.28. The molecular formula is C14H18N2O2S3. The summed E-state index contributed by atoms with van der Waals surface area (Å²) in [6.45, 7) is 5.39. The Hall–Kier alpha value is -0.760. The molecule has 2 aromatic rings. The van der Waals surface area contributed by atoms with Gasteiger partial charge in [0.1, 0.15) is 4.21 Å². The second kappa shape index (κ2) is 5.79. The molecule has 2 aromatic heterocycles. The molecule has 0 aromatic carbocycles. The third kappa shape index (κ3) is 3.06. The van der Waals surface area contributed by atoms with Gasteiger partial charge in [0.25, 0.3) is 10.0 Å². The lowest BCUT2D eigenvalue weighted by Crippen LogP contribution is -2.37. The van der Waals surface area contributed by atoms with Gasteiger partial charge in [0.2, 0.25) is 0 Å². The van der Waals surface area contributed by atoms with Crippen LogP contribution in [0.4, 0.5) is 0 Å². The number of nitrogens with zero attached hydrogens (tertiary/aromatic N) is 2. The van der Waals surface area contributed by atoms with E-state index in [1.54, 1.807) is 21.7 Å². The van der Waals surface area contributed by atoms with E-state index >= 15 is 0 Å². The maximum atomic E-state index is 12.7. The molecule has 21 heavy (non-hydrogen) atoms. The van der Waals surface area contributed by atoms with E-state index in [4.69, 9.17) is 0 Å². The minimum Gasteiger partial charge on any atom is -0.241 e. The first-order valence-electron chi connectivity index (χ1n) is 6.99. The molecule has 0 aliphatic carbocycles. The van der Waals surface area contributed by atoms with Crippen molar-refractivity contribution >= 4 is 32.7 Å². The molecule has 114 valence electrons. The molecule has 0 spiro atoms. The fraction of sp³-hybridized carbons (Fsp3) is 0.500. The van der Waals surface area contributed by atoms with Crippen molar-refractivity contribution in [2.75, 3.05) is 13.1 Å². The summed E-state index contributed by atoms with van der Waals surface area (Å²) in [6, 6.07) is 3.57. The van der Waals surface area contributed by atoms with Crippen molar-refractivity contribution in [1.29, 1.82) is 0 Å². The first-order valence-corrected chi connectivity index (χ1v) is 10.1. The van der Waals surface area contributed by atoms with Crippen LogP contribution in [0, 0.1) is 12.8 Å². The van der Waals surface area contributed by atoms with Gasteiger partial charge in [-0.3, -0.25) is 0 Å². The van der Waals surface area contributed by atoms with Crippen molar-refractivity contribution in [2.24, 2.45) is 5.92 Å². The Morgan fingerprint density at radius 3 is 2.62 bits per heavy atom. The van der Waals surface area contributed by atoms with Gasteiger partial charge in [0.15, 0.2) is 0 Å². The molecule has 0 amide bonds. The molecule has 0 radical (unpaired) electrons. The Morgan fingerprint density at radius 2 is 2.00 bits per heavy atom. The summed E-state index contributed by atoms with van der Waals surface area (Å²) >= 11 is 2.90. The number of hydrogen-bond acceptors (Lipinski definition) is 5. The van der Waals surface area contributed by atoms with Crippen molar-refractivity contribution in [3.05, 3.63) is 22.5 Å². The maximum Gasteiger partial charge on any atom is 0.252 e. The van der Waals surface area contributed by atoms with Crippen molar-refractivity contribution in [3.8, 4) is 10.6 Å². The van der Waals surface area contributed by atoms with Gasteiger partial charge in [0.05, 0.1) is 15.6 Å². The Kier molecular flexibility index (Phi) is 4.18. The summed E-state index contributed by atoms with van der Waals surface area (Å²) in [7, 11) is -3.34. The zero-order valence-electron chi connectivity index (χ0n) is 12.1. The Morgan fingerprint density at radius 1 is 1.29 bits per heavy atom.